The lowest BCUT2D eigenvalue weighted by Gasteiger charge is -2.47. The Balaban J connectivity index is 1.36. The van der Waals surface area contributed by atoms with Crippen LogP contribution >= 0.6 is 11.6 Å². The van der Waals surface area contributed by atoms with Gasteiger partial charge in [0, 0.05) is 49.0 Å². The summed E-state index contributed by atoms with van der Waals surface area (Å²) in [5.41, 5.74) is 4.60. The van der Waals surface area contributed by atoms with Crippen molar-refractivity contribution in [3.63, 3.8) is 0 Å². The minimum Gasteiger partial charge on any atom is -0.490 e. The van der Waals surface area contributed by atoms with Crippen molar-refractivity contribution in [1.82, 2.24) is 9.80 Å². The zero-order valence-corrected chi connectivity index (χ0v) is 23.7. The summed E-state index contributed by atoms with van der Waals surface area (Å²) in [6.07, 6.45) is 0.701. The largest absolute Gasteiger partial charge is 0.490 e. The molecule has 1 saturated heterocycles. The number of halogens is 1. The number of amides is 2. The molecule has 208 valence electrons. The maximum absolute atomic E-state index is 14.5. The third-order valence-corrected chi connectivity index (χ3v) is 8.49. The Morgan fingerprint density at radius 1 is 0.875 bits per heavy atom. The van der Waals surface area contributed by atoms with Crippen molar-refractivity contribution in [3.8, 4) is 11.5 Å². The van der Waals surface area contributed by atoms with Gasteiger partial charge in [0.25, 0.3) is 5.91 Å². The normalized spacial score (nSPS) is 20.0. The molecule has 6 rings (SSSR count). The lowest BCUT2D eigenvalue weighted by molar-refractivity contribution is -0.135. The van der Waals surface area contributed by atoms with Crippen molar-refractivity contribution >= 4 is 29.1 Å². The average Bonchev–Trinajstić information content (AvgIpc) is 2.98. The molecule has 0 radical (unpaired) electrons. The zero-order chi connectivity index (χ0) is 27.8. The molecule has 0 aliphatic carbocycles. The van der Waals surface area contributed by atoms with Crippen LogP contribution in [0.25, 0.3) is 0 Å². The van der Waals surface area contributed by atoms with E-state index in [-0.39, 0.29) is 11.8 Å². The van der Waals surface area contributed by atoms with Crippen molar-refractivity contribution in [1.29, 1.82) is 0 Å². The number of carbonyl (C=O) groups excluding carboxylic acids is 2. The van der Waals surface area contributed by atoms with Crippen LogP contribution in [0, 0.1) is 0 Å². The van der Waals surface area contributed by atoms with E-state index < -0.39 is 12.0 Å². The van der Waals surface area contributed by atoms with Crippen LogP contribution in [0.1, 0.15) is 52.9 Å². The molecule has 3 aliphatic rings. The van der Waals surface area contributed by atoms with Gasteiger partial charge in [0.2, 0.25) is 5.91 Å². The molecule has 0 bridgehead atoms. The minimum atomic E-state index is -0.498. The lowest BCUT2D eigenvalue weighted by Crippen LogP contribution is -2.54. The van der Waals surface area contributed by atoms with Crippen LogP contribution in [0.3, 0.4) is 0 Å². The molecule has 40 heavy (non-hydrogen) atoms. The van der Waals surface area contributed by atoms with Crippen LogP contribution in [-0.2, 0) is 11.2 Å². The van der Waals surface area contributed by atoms with E-state index in [2.05, 4.69) is 4.90 Å². The first-order chi connectivity index (χ1) is 19.5. The van der Waals surface area contributed by atoms with Gasteiger partial charge < -0.3 is 24.2 Å². The summed E-state index contributed by atoms with van der Waals surface area (Å²) in [7, 11) is 0. The summed E-state index contributed by atoms with van der Waals surface area (Å²) in [5, 5.41) is 0.710. The van der Waals surface area contributed by atoms with Gasteiger partial charge in [0.05, 0.1) is 25.2 Å². The Bertz CT molecular complexity index is 1420. The summed E-state index contributed by atoms with van der Waals surface area (Å²) < 4.78 is 11.9. The smallest absolute Gasteiger partial charge is 0.254 e. The predicted molar refractivity (Wildman–Crippen MR) is 156 cm³/mol. The average molecular weight is 560 g/mol. The van der Waals surface area contributed by atoms with Crippen LogP contribution in [-0.4, -0.2) is 67.6 Å². The van der Waals surface area contributed by atoms with Gasteiger partial charge in [-0.2, -0.15) is 0 Å². The number of carbonyl (C=O) groups is 2. The summed E-state index contributed by atoms with van der Waals surface area (Å²) in [6, 6.07) is 19.1. The van der Waals surface area contributed by atoms with E-state index in [1.54, 1.807) is 0 Å². The van der Waals surface area contributed by atoms with E-state index in [9.17, 15) is 9.59 Å². The molecule has 3 aromatic carbocycles. The van der Waals surface area contributed by atoms with Crippen LogP contribution in [0.15, 0.2) is 60.7 Å². The van der Waals surface area contributed by atoms with E-state index >= 15 is 0 Å². The van der Waals surface area contributed by atoms with Crippen molar-refractivity contribution in [2.75, 3.05) is 50.8 Å². The van der Waals surface area contributed by atoms with Gasteiger partial charge >= 0.3 is 0 Å². The van der Waals surface area contributed by atoms with Crippen molar-refractivity contribution in [2.24, 2.45) is 0 Å². The lowest BCUT2D eigenvalue weighted by atomic mass is 9.75. The maximum Gasteiger partial charge on any atom is 0.254 e. The molecular formula is C32H34ClN3O4. The number of benzene rings is 3. The molecule has 3 aromatic rings. The number of nitrogens with zero attached hydrogens (tertiary/aromatic N) is 3. The highest BCUT2D eigenvalue weighted by Gasteiger charge is 2.48. The zero-order valence-electron chi connectivity index (χ0n) is 22.9. The second-order valence-corrected chi connectivity index (χ2v) is 10.8. The first-order valence-electron chi connectivity index (χ1n) is 14.1. The van der Waals surface area contributed by atoms with Crippen molar-refractivity contribution < 1.29 is 19.1 Å². The molecule has 3 aliphatic heterocycles. The monoisotopic (exact) mass is 559 g/mol. The van der Waals surface area contributed by atoms with E-state index in [4.69, 9.17) is 21.1 Å². The van der Waals surface area contributed by atoms with Crippen LogP contribution < -0.4 is 14.4 Å². The topological polar surface area (TPSA) is 62.3 Å². The Morgan fingerprint density at radius 2 is 1.55 bits per heavy atom. The fourth-order valence-corrected chi connectivity index (χ4v) is 6.50. The van der Waals surface area contributed by atoms with E-state index in [0.717, 1.165) is 35.5 Å². The molecule has 0 unspecified atom stereocenters. The highest BCUT2D eigenvalue weighted by Crippen LogP contribution is 2.49. The molecule has 0 N–H and O–H groups in total. The quantitative estimate of drug-likeness (QED) is 0.409. The summed E-state index contributed by atoms with van der Waals surface area (Å²) in [4.78, 5) is 34.3. The Labute approximate surface area is 240 Å². The van der Waals surface area contributed by atoms with Gasteiger partial charge in [-0.25, -0.2) is 0 Å². The number of piperazine rings is 1. The predicted octanol–water partition coefficient (Wildman–Crippen LogP) is 5.32. The number of ether oxygens (including phenoxy) is 2. The molecule has 2 atom stereocenters. The SMILES string of the molecule is CCOc1cc2c(cc1OCC)[C@H]1[C@@H](C(=O)N3CCN(c4ccc(Cl)cc4)CC3)c3ccccc3C(=O)N1CC2. The molecule has 0 aromatic heterocycles. The standard InChI is InChI=1S/C32H34ClN3O4/c1-3-39-27-19-21-13-14-36-30(26(21)20-28(27)40-4-2)29(24-7-5-6-8-25(24)31(36)37)32(38)35-17-15-34(16-18-35)23-11-9-22(33)10-12-23/h5-12,19-20,29-30H,3-4,13-18H2,1-2H3/t29-,30-/m0/s1. The summed E-state index contributed by atoms with van der Waals surface area (Å²) >= 11 is 6.08. The van der Waals surface area contributed by atoms with E-state index in [1.165, 1.54) is 0 Å². The molecule has 0 spiro atoms. The Kier molecular flexibility index (Phi) is 7.32. The number of anilines is 1. The molecular weight excluding hydrogens is 526 g/mol. The second kappa shape index (κ2) is 11.0. The molecule has 1 fully saturated rings. The van der Waals surface area contributed by atoms with Gasteiger partial charge in [-0.1, -0.05) is 29.8 Å². The minimum absolute atomic E-state index is 0.0188. The third kappa shape index (κ3) is 4.66. The maximum atomic E-state index is 14.5. The van der Waals surface area contributed by atoms with E-state index in [0.29, 0.717) is 61.4 Å². The molecule has 7 nitrogen and oxygen atoms in total. The number of hydrogen-bond donors (Lipinski definition) is 0. The highest BCUT2D eigenvalue weighted by atomic mass is 35.5. The summed E-state index contributed by atoms with van der Waals surface area (Å²) in [6.45, 7) is 8.17. The summed E-state index contributed by atoms with van der Waals surface area (Å²) in [5.74, 6) is 0.905. The third-order valence-electron chi connectivity index (χ3n) is 8.23. The van der Waals surface area contributed by atoms with Gasteiger partial charge in [-0.05, 0) is 79.4 Å². The van der Waals surface area contributed by atoms with Gasteiger partial charge in [-0.3, -0.25) is 9.59 Å². The molecule has 8 heteroatoms. The fraction of sp³-hybridized carbons (Fsp3) is 0.375. The Hall–Kier alpha value is -3.71. The molecule has 0 saturated carbocycles. The van der Waals surface area contributed by atoms with Crippen LogP contribution in [0.5, 0.6) is 11.5 Å². The fourth-order valence-electron chi connectivity index (χ4n) is 6.37. The van der Waals surface area contributed by atoms with Gasteiger partial charge in [0.15, 0.2) is 11.5 Å². The van der Waals surface area contributed by atoms with E-state index in [1.807, 2.05) is 84.3 Å². The van der Waals surface area contributed by atoms with Crippen molar-refractivity contribution in [2.45, 2.75) is 32.2 Å². The first-order valence-corrected chi connectivity index (χ1v) is 14.5. The second-order valence-electron chi connectivity index (χ2n) is 10.4. The molecule has 2 amide bonds. The van der Waals surface area contributed by atoms with Gasteiger partial charge in [-0.15, -0.1) is 0 Å². The number of rotatable bonds is 6. The number of hydrogen-bond acceptors (Lipinski definition) is 5. The first kappa shape index (κ1) is 26.5. The number of fused-ring (bicyclic) bond motifs is 4. The van der Waals surface area contributed by atoms with Gasteiger partial charge in [0.1, 0.15) is 0 Å². The highest BCUT2D eigenvalue weighted by molar-refractivity contribution is 6.30. The Morgan fingerprint density at radius 3 is 2.25 bits per heavy atom. The van der Waals surface area contributed by atoms with Crippen molar-refractivity contribution in [3.05, 3.63) is 87.9 Å². The molecule has 3 heterocycles. The van der Waals surface area contributed by atoms with Crippen LogP contribution in [0.2, 0.25) is 5.02 Å². The van der Waals surface area contributed by atoms with Crippen LogP contribution in [0.4, 0.5) is 5.69 Å².